The number of carbonyl (C=O) groups is 1. The topological polar surface area (TPSA) is 74.0 Å². The van der Waals surface area contributed by atoms with Crippen LogP contribution in [-0.4, -0.2) is 21.3 Å². The molecule has 0 bridgehead atoms. The molecule has 1 atom stereocenters. The van der Waals surface area contributed by atoms with Crippen LogP contribution in [0.25, 0.3) is 0 Å². The van der Waals surface area contributed by atoms with Gasteiger partial charge in [-0.15, -0.1) is 11.8 Å². The van der Waals surface area contributed by atoms with Crippen molar-refractivity contribution in [1.29, 1.82) is 5.26 Å². The second-order valence-corrected chi connectivity index (χ2v) is 5.40. The number of pyridine rings is 1. The number of nitrogens with zero attached hydrogens (tertiary/aromatic N) is 2. The number of benzene rings is 1. The van der Waals surface area contributed by atoms with E-state index in [1.165, 1.54) is 18.0 Å². The molecule has 5 heteroatoms. The first kappa shape index (κ1) is 14.1. The Kier molecular flexibility index (Phi) is 4.75. The highest BCUT2D eigenvalue weighted by atomic mass is 32.2. The first-order valence-corrected chi connectivity index (χ1v) is 6.86. The number of aromatic nitrogens is 1. The van der Waals surface area contributed by atoms with Gasteiger partial charge in [-0.05, 0) is 24.1 Å². The number of thioether (sulfide) groups is 1. The molecule has 1 heterocycles. The average Bonchev–Trinajstić information content (AvgIpc) is 2.48. The van der Waals surface area contributed by atoms with Gasteiger partial charge >= 0.3 is 5.97 Å². The van der Waals surface area contributed by atoms with Crippen LogP contribution in [-0.2, 0) is 11.2 Å². The number of hydrogen-bond acceptors (Lipinski definition) is 4. The summed E-state index contributed by atoms with van der Waals surface area (Å²) in [7, 11) is 0. The highest BCUT2D eigenvalue weighted by Crippen LogP contribution is 2.26. The summed E-state index contributed by atoms with van der Waals surface area (Å²) in [5, 5.41) is 17.5. The van der Waals surface area contributed by atoms with E-state index in [0.717, 1.165) is 10.5 Å². The number of carboxylic acids is 1. The van der Waals surface area contributed by atoms with E-state index >= 15 is 0 Å². The van der Waals surface area contributed by atoms with Crippen molar-refractivity contribution in [3.8, 4) is 6.07 Å². The summed E-state index contributed by atoms with van der Waals surface area (Å²) in [6.07, 6.45) is 1.95. The minimum absolute atomic E-state index is 0.291. The van der Waals surface area contributed by atoms with Crippen molar-refractivity contribution in [3.63, 3.8) is 0 Å². The largest absolute Gasteiger partial charge is 0.480 e. The van der Waals surface area contributed by atoms with Crippen LogP contribution in [0.1, 0.15) is 11.3 Å². The first-order valence-electron chi connectivity index (χ1n) is 5.98. The second kappa shape index (κ2) is 6.73. The van der Waals surface area contributed by atoms with Gasteiger partial charge in [0.2, 0.25) is 0 Å². The van der Waals surface area contributed by atoms with Crippen molar-refractivity contribution in [2.75, 3.05) is 0 Å². The maximum absolute atomic E-state index is 11.4. The Morgan fingerprint density at radius 1 is 1.35 bits per heavy atom. The van der Waals surface area contributed by atoms with Crippen molar-refractivity contribution in [1.82, 2.24) is 4.98 Å². The summed E-state index contributed by atoms with van der Waals surface area (Å²) in [6.45, 7) is 0. The van der Waals surface area contributed by atoms with Crippen LogP contribution in [0.4, 0.5) is 0 Å². The van der Waals surface area contributed by atoms with E-state index in [0.29, 0.717) is 12.1 Å². The Morgan fingerprint density at radius 3 is 2.75 bits per heavy atom. The molecule has 0 aliphatic carbocycles. The highest BCUT2D eigenvalue weighted by Gasteiger charge is 2.19. The molecule has 0 spiro atoms. The maximum atomic E-state index is 11.4. The lowest BCUT2D eigenvalue weighted by Crippen LogP contribution is -2.19. The van der Waals surface area contributed by atoms with Crippen molar-refractivity contribution in [2.45, 2.75) is 16.6 Å². The monoisotopic (exact) mass is 284 g/mol. The predicted octanol–water partition coefficient (Wildman–Crippen LogP) is 2.74. The number of carboxylic acid groups (broad SMARTS) is 1. The molecule has 1 N–H and O–H groups in total. The van der Waals surface area contributed by atoms with Gasteiger partial charge in [-0.1, -0.05) is 30.3 Å². The standard InChI is InChI=1S/C15H12N2O2S/c16-10-12-9-13(6-7-17-12)20-14(15(18)19)8-11-4-2-1-3-5-11/h1-7,9,14H,8H2,(H,18,19). The van der Waals surface area contributed by atoms with E-state index in [-0.39, 0.29) is 0 Å². The summed E-state index contributed by atoms with van der Waals surface area (Å²) >= 11 is 1.23. The van der Waals surface area contributed by atoms with Crippen LogP contribution in [0.15, 0.2) is 53.6 Å². The Hall–Kier alpha value is -2.32. The first-order chi connectivity index (χ1) is 9.69. The number of rotatable bonds is 5. The minimum Gasteiger partial charge on any atom is -0.480 e. The third kappa shape index (κ3) is 3.84. The molecule has 1 aromatic heterocycles. The van der Waals surface area contributed by atoms with Crippen LogP contribution in [0, 0.1) is 11.3 Å². The van der Waals surface area contributed by atoms with Crippen LogP contribution >= 0.6 is 11.8 Å². The van der Waals surface area contributed by atoms with Gasteiger partial charge in [0.15, 0.2) is 0 Å². The summed E-state index contributed by atoms with van der Waals surface area (Å²) in [6, 6.07) is 14.8. The zero-order chi connectivity index (χ0) is 14.4. The summed E-state index contributed by atoms with van der Waals surface area (Å²) < 4.78 is 0. The molecular weight excluding hydrogens is 272 g/mol. The molecule has 0 amide bonds. The fourth-order valence-corrected chi connectivity index (χ4v) is 2.74. The second-order valence-electron chi connectivity index (χ2n) is 4.12. The van der Waals surface area contributed by atoms with E-state index in [2.05, 4.69) is 4.98 Å². The highest BCUT2D eigenvalue weighted by molar-refractivity contribution is 8.00. The lowest BCUT2D eigenvalue weighted by atomic mass is 10.1. The Morgan fingerprint density at radius 2 is 2.10 bits per heavy atom. The molecule has 0 saturated heterocycles. The van der Waals surface area contributed by atoms with Crippen molar-refractivity contribution < 1.29 is 9.90 Å². The molecule has 2 rings (SSSR count). The number of nitriles is 1. The summed E-state index contributed by atoms with van der Waals surface area (Å²) in [5.41, 5.74) is 1.26. The lowest BCUT2D eigenvalue weighted by molar-refractivity contribution is -0.136. The van der Waals surface area contributed by atoms with Crippen LogP contribution < -0.4 is 0 Å². The Bertz CT molecular complexity index is 638. The molecule has 0 radical (unpaired) electrons. The Balaban J connectivity index is 2.14. The molecule has 100 valence electrons. The molecule has 0 fully saturated rings. The van der Waals surface area contributed by atoms with Crippen LogP contribution in [0.5, 0.6) is 0 Å². The van der Waals surface area contributed by atoms with Crippen LogP contribution in [0.2, 0.25) is 0 Å². The molecule has 1 unspecified atom stereocenters. The lowest BCUT2D eigenvalue weighted by Gasteiger charge is -2.12. The van der Waals surface area contributed by atoms with Crippen molar-refractivity contribution in [2.24, 2.45) is 0 Å². The van der Waals surface area contributed by atoms with Gasteiger partial charge in [-0.25, -0.2) is 4.98 Å². The number of aliphatic carboxylic acids is 1. The van der Waals surface area contributed by atoms with Gasteiger partial charge in [-0.3, -0.25) is 4.79 Å². The summed E-state index contributed by atoms with van der Waals surface area (Å²) in [4.78, 5) is 16.0. The molecule has 20 heavy (non-hydrogen) atoms. The van der Waals surface area contributed by atoms with Gasteiger partial charge in [0.1, 0.15) is 17.0 Å². The van der Waals surface area contributed by atoms with Gasteiger partial charge in [0, 0.05) is 11.1 Å². The van der Waals surface area contributed by atoms with E-state index in [1.54, 1.807) is 12.1 Å². The van der Waals surface area contributed by atoms with Crippen molar-refractivity contribution >= 4 is 17.7 Å². The average molecular weight is 284 g/mol. The van der Waals surface area contributed by atoms with E-state index in [4.69, 9.17) is 5.26 Å². The van der Waals surface area contributed by atoms with Gasteiger partial charge < -0.3 is 5.11 Å². The van der Waals surface area contributed by atoms with E-state index < -0.39 is 11.2 Å². The third-order valence-corrected chi connectivity index (χ3v) is 3.84. The summed E-state index contributed by atoms with van der Waals surface area (Å²) in [5.74, 6) is -0.867. The van der Waals surface area contributed by atoms with Gasteiger partial charge in [0.25, 0.3) is 0 Å². The van der Waals surface area contributed by atoms with Crippen molar-refractivity contribution in [3.05, 3.63) is 59.9 Å². The Labute approximate surface area is 121 Å². The molecule has 0 saturated carbocycles. The minimum atomic E-state index is -0.867. The maximum Gasteiger partial charge on any atom is 0.317 e. The molecule has 2 aromatic rings. The normalized spacial score (nSPS) is 11.6. The predicted molar refractivity (Wildman–Crippen MR) is 76.4 cm³/mol. The molecule has 1 aromatic carbocycles. The molecule has 0 aliphatic rings. The zero-order valence-corrected chi connectivity index (χ0v) is 11.4. The SMILES string of the molecule is N#Cc1cc(SC(Cc2ccccc2)C(=O)O)ccn1. The van der Waals surface area contributed by atoms with Gasteiger partial charge in [-0.2, -0.15) is 5.26 Å². The molecular formula is C15H12N2O2S. The van der Waals surface area contributed by atoms with Crippen LogP contribution in [0.3, 0.4) is 0 Å². The fraction of sp³-hybridized carbons (Fsp3) is 0.133. The third-order valence-electron chi connectivity index (χ3n) is 2.66. The quantitative estimate of drug-likeness (QED) is 0.854. The van der Waals surface area contributed by atoms with E-state index in [1.807, 2.05) is 36.4 Å². The van der Waals surface area contributed by atoms with Gasteiger partial charge in [0.05, 0.1) is 0 Å². The number of hydrogen-bond donors (Lipinski definition) is 1. The molecule has 0 aliphatic heterocycles. The van der Waals surface area contributed by atoms with E-state index in [9.17, 15) is 9.90 Å². The fourth-order valence-electron chi connectivity index (χ4n) is 1.72. The molecule has 4 nitrogen and oxygen atoms in total. The smallest absolute Gasteiger partial charge is 0.317 e. The zero-order valence-electron chi connectivity index (χ0n) is 10.6.